The maximum atomic E-state index is 12.3. The average molecular weight is 388 g/mol. The summed E-state index contributed by atoms with van der Waals surface area (Å²) in [6.07, 6.45) is 1.29. The number of methoxy groups -OCH3 is 2. The maximum Gasteiger partial charge on any atom is 0.271 e. The molecule has 2 aromatic rings. The molecule has 2 aromatic carbocycles. The number of nitrogens with one attached hydrogen (secondary N) is 1. The maximum absolute atomic E-state index is 12.3. The molecule has 0 saturated carbocycles. The highest BCUT2D eigenvalue weighted by molar-refractivity contribution is 6.32. The van der Waals surface area contributed by atoms with E-state index in [0.29, 0.717) is 17.1 Å². The lowest BCUT2D eigenvalue weighted by atomic mass is 10.1. The minimum atomic E-state index is -0.733. The van der Waals surface area contributed by atoms with Crippen LogP contribution < -0.4 is 14.8 Å². The summed E-state index contributed by atoms with van der Waals surface area (Å²) in [7, 11) is 2.90. The van der Waals surface area contributed by atoms with Gasteiger partial charge in [-0.25, -0.2) is 0 Å². The highest BCUT2D eigenvalue weighted by Gasteiger charge is 2.14. The highest BCUT2D eigenvalue weighted by Crippen LogP contribution is 2.34. The number of hydrogen-bond donors (Lipinski definition) is 1. The predicted octanol–water partition coefficient (Wildman–Crippen LogP) is 3.81. The van der Waals surface area contributed by atoms with E-state index in [1.165, 1.54) is 56.7 Å². The van der Waals surface area contributed by atoms with Crippen molar-refractivity contribution in [1.82, 2.24) is 0 Å². The van der Waals surface area contributed by atoms with E-state index in [1.807, 2.05) is 0 Å². The Kier molecular flexibility index (Phi) is 6.36. The molecule has 0 unspecified atom stereocenters. The number of nitriles is 1. The van der Waals surface area contributed by atoms with E-state index in [2.05, 4.69) is 5.32 Å². The number of nitro groups is 1. The fourth-order valence-corrected chi connectivity index (χ4v) is 2.39. The van der Waals surface area contributed by atoms with Crippen LogP contribution in [0.2, 0.25) is 5.02 Å². The number of halogens is 1. The third kappa shape index (κ3) is 4.74. The van der Waals surface area contributed by atoms with Crippen LogP contribution in [0, 0.1) is 21.4 Å². The van der Waals surface area contributed by atoms with Crippen molar-refractivity contribution in [3.8, 4) is 17.6 Å². The van der Waals surface area contributed by atoms with Crippen LogP contribution in [-0.4, -0.2) is 25.1 Å². The first kappa shape index (κ1) is 19.8. The van der Waals surface area contributed by atoms with Gasteiger partial charge in [0.25, 0.3) is 11.6 Å². The molecular weight excluding hydrogens is 374 g/mol. The molecule has 0 radical (unpaired) electrons. The second-order valence-corrected chi connectivity index (χ2v) is 5.57. The second kappa shape index (κ2) is 8.69. The first-order chi connectivity index (χ1) is 12.9. The molecule has 0 saturated heterocycles. The normalized spacial score (nSPS) is 10.7. The van der Waals surface area contributed by atoms with Gasteiger partial charge < -0.3 is 14.8 Å². The molecule has 1 amide bonds. The number of amides is 1. The van der Waals surface area contributed by atoms with Crippen LogP contribution in [-0.2, 0) is 4.79 Å². The van der Waals surface area contributed by atoms with Gasteiger partial charge in [-0.2, -0.15) is 5.26 Å². The second-order valence-electron chi connectivity index (χ2n) is 5.16. The molecule has 0 aromatic heterocycles. The minimum absolute atomic E-state index is 0.182. The number of carbonyl (C=O) groups excluding carboxylic acids is 1. The Morgan fingerprint density at radius 1 is 1.26 bits per heavy atom. The molecule has 1 N–H and O–H groups in total. The largest absolute Gasteiger partial charge is 0.493 e. The fourth-order valence-electron chi connectivity index (χ4n) is 2.18. The zero-order valence-electron chi connectivity index (χ0n) is 14.4. The van der Waals surface area contributed by atoms with Crippen LogP contribution in [0.3, 0.4) is 0 Å². The lowest BCUT2D eigenvalue weighted by molar-refractivity contribution is -0.384. The summed E-state index contributed by atoms with van der Waals surface area (Å²) in [6, 6.07) is 10.2. The van der Waals surface area contributed by atoms with Gasteiger partial charge in [-0.05, 0) is 23.8 Å². The molecule has 8 nitrogen and oxygen atoms in total. The Labute approximate surface area is 159 Å². The fraction of sp³-hybridized carbons (Fsp3) is 0.111. The molecule has 0 bridgehead atoms. The first-order valence-electron chi connectivity index (χ1n) is 7.48. The lowest BCUT2D eigenvalue weighted by Gasteiger charge is -2.10. The number of ether oxygens (including phenoxy) is 2. The van der Waals surface area contributed by atoms with Crippen molar-refractivity contribution in [2.75, 3.05) is 19.5 Å². The number of carbonyl (C=O) groups is 1. The molecule has 0 aliphatic rings. The smallest absolute Gasteiger partial charge is 0.271 e. The summed E-state index contributed by atoms with van der Waals surface area (Å²) >= 11 is 6.16. The number of non-ortho nitro benzene ring substituents is 1. The van der Waals surface area contributed by atoms with Crippen molar-refractivity contribution in [2.24, 2.45) is 0 Å². The predicted molar refractivity (Wildman–Crippen MR) is 99.9 cm³/mol. The summed E-state index contributed by atoms with van der Waals surface area (Å²) in [5.41, 5.74) is 0.141. The quantitative estimate of drug-likeness (QED) is 0.349. The Hall–Kier alpha value is -3.57. The summed E-state index contributed by atoms with van der Waals surface area (Å²) in [6.45, 7) is 0. The molecule has 27 heavy (non-hydrogen) atoms. The highest BCUT2D eigenvalue weighted by atomic mass is 35.5. The SMILES string of the molecule is COc1cc(Cl)c(/C=C(\C#N)C(=O)Nc2cccc([N+](=O)[O-])c2)cc1OC. The number of rotatable bonds is 6. The third-order valence-corrected chi connectivity index (χ3v) is 3.81. The van der Waals surface area contributed by atoms with Gasteiger partial charge in [0.15, 0.2) is 11.5 Å². The molecule has 138 valence electrons. The van der Waals surface area contributed by atoms with Crippen LogP contribution in [0.4, 0.5) is 11.4 Å². The van der Waals surface area contributed by atoms with Crippen LogP contribution in [0.5, 0.6) is 11.5 Å². The van der Waals surface area contributed by atoms with E-state index in [9.17, 15) is 20.2 Å². The molecule has 0 heterocycles. The van der Waals surface area contributed by atoms with Gasteiger partial charge in [0.05, 0.1) is 24.2 Å². The number of nitro benzene ring substituents is 1. The summed E-state index contributed by atoms with van der Waals surface area (Å²) < 4.78 is 10.3. The number of hydrogen-bond acceptors (Lipinski definition) is 6. The van der Waals surface area contributed by atoms with Crippen molar-refractivity contribution in [3.63, 3.8) is 0 Å². The van der Waals surface area contributed by atoms with E-state index < -0.39 is 10.8 Å². The van der Waals surface area contributed by atoms with Crippen molar-refractivity contribution in [3.05, 3.63) is 62.7 Å². The van der Waals surface area contributed by atoms with E-state index in [0.717, 1.165) is 0 Å². The van der Waals surface area contributed by atoms with Crippen molar-refractivity contribution >= 4 is 35.0 Å². The van der Waals surface area contributed by atoms with Gasteiger partial charge in [-0.15, -0.1) is 0 Å². The van der Waals surface area contributed by atoms with Crippen molar-refractivity contribution < 1.29 is 19.2 Å². The number of nitrogens with zero attached hydrogens (tertiary/aromatic N) is 2. The summed E-state index contributed by atoms with van der Waals surface area (Å²) in [4.78, 5) is 22.6. The van der Waals surface area contributed by atoms with Gasteiger partial charge in [0, 0.05) is 23.9 Å². The van der Waals surface area contributed by atoms with E-state index in [1.54, 1.807) is 6.07 Å². The number of benzene rings is 2. The van der Waals surface area contributed by atoms with Gasteiger partial charge in [-0.3, -0.25) is 14.9 Å². The minimum Gasteiger partial charge on any atom is -0.493 e. The van der Waals surface area contributed by atoms with Gasteiger partial charge in [-0.1, -0.05) is 17.7 Å². The van der Waals surface area contributed by atoms with Crippen molar-refractivity contribution in [2.45, 2.75) is 0 Å². The Morgan fingerprint density at radius 3 is 2.52 bits per heavy atom. The molecular formula is C18H14ClN3O5. The molecule has 0 atom stereocenters. The standard InChI is InChI=1S/C18H14ClN3O5/c1-26-16-7-11(15(19)9-17(16)27-2)6-12(10-20)18(23)21-13-4-3-5-14(8-13)22(24)25/h3-9H,1-2H3,(H,21,23)/b12-6+. The number of anilines is 1. The topological polar surface area (TPSA) is 114 Å². The molecule has 2 rings (SSSR count). The van der Waals surface area contributed by atoms with Crippen LogP contribution in [0.25, 0.3) is 6.08 Å². The van der Waals surface area contributed by atoms with Crippen molar-refractivity contribution in [1.29, 1.82) is 5.26 Å². The Balaban J connectivity index is 2.33. The third-order valence-electron chi connectivity index (χ3n) is 3.48. The molecule has 0 aliphatic heterocycles. The van der Waals surface area contributed by atoms with E-state index >= 15 is 0 Å². The molecule has 0 spiro atoms. The van der Waals surface area contributed by atoms with E-state index in [4.69, 9.17) is 21.1 Å². The zero-order valence-corrected chi connectivity index (χ0v) is 15.1. The monoisotopic (exact) mass is 387 g/mol. The van der Waals surface area contributed by atoms with Gasteiger partial charge >= 0.3 is 0 Å². The van der Waals surface area contributed by atoms with Gasteiger partial charge in [0.2, 0.25) is 0 Å². The van der Waals surface area contributed by atoms with Crippen LogP contribution in [0.15, 0.2) is 42.0 Å². The first-order valence-corrected chi connectivity index (χ1v) is 7.86. The van der Waals surface area contributed by atoms with Crippen LogP contribution in [0.1, 0.15) is 5.56 Å². The van der Waals surface area contributed by atoms with E-state index in [-0.39, 0.29) is 22.0 Å². The zero-order chi connectivity index (χ0) is 20.0. The average Bonchev–Trinajstić information content (AvgIpc) is 2.66. The van der Waals surface area contributed by atoms with Gasteiger partial charge in [0.1, 0.15) is 11.6 Å². The molecule has 0 fully saturated rings. The summed E-state index contributed by atoms with van der Waals surface area (Å²) in [5.74, 6) is 0.0487. The summed E-state index contributed by atoms with van der Waals surface area (Å²) in [5, 5.41) is 22.8. The lowest BCUT2D eigenvalue weighted by Crippen LogP contribution is -2.13. The molecule has 0 aliphatic carbocycles. The Bertz CT molecular complexity index is 966. The Morgan fingerprint density at radius 2 is 1.93 bits per heavy atom. The van der Waals surface area contributed by atoms with Crippen LogP contribution >= 0.6 is 11.6 Å². The molecule has 9 heteroatoms.